The molecule has 1 rings (SSSR count). The molecule has 1 aromatic rings. The van der Waals surface area contributed by atoms with E-state index in [2.05, 4.69) is 10.1 Å². The van der Waals surface area contributed by atoms with E-state index < -0.39 is 18.2 Å². The third kappa shape index (κ3) is 2.92. The summed E-state index contributed by atoms with van der Waals surface area (Å²) in [7, 11) is 1.71. The summed E-state index contributed by atoms with van der Waals surface area (Å²) in [6.07, 6.45) is 0. The van der Waals surface area contributed by atoms with Crippen LogP contribution in [0.1, 0.15) is 5.56 Å². The van der Waals surface area contributed by atoms with Crippen LogP contribution in [-0.4, -0.2) is 13.7 Å². The van der Waals surface area contributed by atoms with Crippen molar-refractivity contribution < 1.29 is 17.9 Å². The molecule has 1 aromatic carbocycles. The molecule has 0 fully saturated rings. The SMILES string of the molecule is CNCc1ccc(F)c(OC(F)F)c1. The second-order valence-corrected chi connectivity index (χ2v) is 2.67. The molecule has 0 aromatic heterocycles. The molecule has 0 saturated heterocycles. The standard InChI is InChI=1S/C9H10F3NO/c1-13-5-6-2-3-7(10)8(4-6)14-9(11)12/h2-4,9,13H,5H2,1H3. The van der Waals surface area contributed by atoms with E-state index in [-0.39, 0.29) is 0 Å². The van der Waals surface area contributed by atoms with Gasteiger partial charge in [0.2, 0.25) is 0 Å². The molecule has 2 nitrogen and oxygen atoms in total. The maximum atomic E-state index is 12.9. The van der Waals surface area contributed by atoms with E-state index in [4.69, 9.17) is 0 Å². The summed E-state index contributed by atoms with van der Waals surface area (Å²) < 4.78 is 40.5. The van der Waals surface area contributed by atoms with Gasteiger partial charge in [-0.3, -0.25) is 0 Å². The Labute approximate surface area is 79.7 Å². The van der Waals surface area contributed by atoms with E-state index in [1.807, 2.05) is 0 Å². The number of ether oxygens (including phenoxy) is 1. The lowest BCUT2D eigenvalue weighted by Gasteiger charge is -2.07. The average molecular weight is 205 g/mol. The Balaban J connectivity index is 2.84. The predicted molar refractivity (Wildman–Crippen MR) is 45.8 cm³/mol. The van der Waals surface area contributed by atoms with Crippen LogP contribution in [0.4, 0.5) is 13.2 Å². The average Bonchev–Trinajstić information content (AvgIpc) is 2.10. The Morgan fingerprint density at radius 1 is 1.43 bits per heavy atom. The maximum Gasteiger partial charge on any atom is 0.387 e. The molecule has 0 aliphatic heterocycles. The molecular formula is C9H10F3NO. The first-order chi connectivity index (χ1) is 6.63. The fourth-order valence-electron chi connectivity index (χ4n) is 1.05. The van der Waals surface area contributed by atoms with Crippen molar-refractivity contribution in [3.63, 3.8) is 0 Å². The molecule has 0 amide bonds. The normalized spacial score (nSPS) is 10.6. The summed E-state index contributed by atoms with van der Waals surface area (Å²) in [6, 6.07) is 3.85. The van der Waals surface area contributed by atoms with Crippen LogP contribution < -0.4 is 10.1 Å². The minimum absolute atomic E-state index is 0.423. The zero-order valence-corrected chi connectivity index (χ0v) is 7.56. The molecular weight excluding hydrogens is 195 g/mol. The second kappa shape index (κ2) is 4.85. The van der Waals surface area contributed by atoms with Gasteiger partial charge in [0.15, 0.2) is 11.6 Å². The third-order valence-electron chi connectivity index (χ3n) is 1.59. The Morgan fingerprint density at radius 3 is 2.71 bits per heavy atom. The summed E-state index contributed by atoms with van der Waals surface area (Å²) in [4.78, 5) is 0. The fourth-order valence-corrected chi connectivity index (χ4v) is 1.05. The monoisotopic (exact) mass is 205 g/mol. The van der Waals surface area contributed by atoms with Crippen molar-refractivity contribution in [2.24, 2.45) is 0 Å². The van der Waals surface area contributed by atoms with Gasteiger partial charge < -0.3 is 10.1 Å². The molecule has 0 heterocycles. The third-order valence-corrected chi connectivity index (χ3v) is 1.59. The van der Waals surface area contributed by atoms with Crippen molar-refractivity contribution >= 4 is 0 Å². The van der Waals surface area contributed by atoms with Gasteiger partial charge in [0, 0.05) is 6.54 Å². The summed E-state index contributed by atoms with van der Waals surface area (Å²) in [5.74, 6) is -1.21. The van der Waals surface area contributed by atoms with Gasteiger partial charge in [-0.05, 0) is 24.7 Å². The number of benzene rings is 1. The van der Waals surface area contributed by atoms with Crippen molar-refractivity contribution in [3.05, 3.63) is 29.6 Å². The van der Waals surface area contributed by atoms with E-state index in [0.717, 1.165) is 6.07 Å². The van der Waals surface area contributed by atoms with Crippen molar-refractivity contribution in [1.82, 2.24) is 5.32 Å². The molecule has 0 spiro atoms. The maximum absolute atomic E-state index is 12.9. The van der Waals surface area contributed by atoms with Gasteiger partial charge in [-0.1, -0.05) is 6.07 Å². The number of halogens is 3. The zero-order valence-electron chi connectivity index (χ0n) is 7.56. The Hall–Kier alpha value is -1.23. The quantitative estimate of drug-likeness (QED) is 0.813. The first kappa shape index (κ1) is 10.8. The molecule has 5 heteroatoms. The van der Waals surface area contributed by atoms with Crippen molar-refractivity contribution in [3.8, 4) is 5.75 Å². The highest BCUT2D eigenvalue weighted by Crippen LogP contribution is 2.20. The van der Waals surface area contributed by atoms with Crippen LogP contribution in [0.3, 0.4) is 0 Å². The van der Waals surface area contributed by atoms with Crippen molar-refractivity contribution in [2.45, 2.75) is 13.2 Å². The molecule has 14 heavy (non-hydrogen) atoms. The summed E-state index contributed by atoms with van der Waals surface area (Å²) in [5.41, 5.74) is 0.685. The highest BCUT2D eigenvalue weighted by atomic mass is 19.3. The van der Waals surface area contributed by atoms with Crippen LogP contribution in [0.25, 0.3) is 0 Å². The smallest absolute Gasteiger partial charge is 0.387 e. The van der Waals surface area contributed by atoms with Crippen LogP contribution in [0.5, 0.6) is 5.75 Å². The van der Waals surface area contributed by atoms with E-state index >= 15 is 0 Å². The Morgan fingerprint density at radius 2 is 2.14 bits per heavy atom. The Bertz CT molecular complexity index is 304. The molecule has 78 valence electrons. The van der Waals surface area contributed by atoms with Gasteiger partial charge in [0.1, 0.15) is 0 Å². The lowest BCUT2D eigenvalue weighted by molar-refractivity contribution is -0.0522. The van der Waals surface area contributed by atoms with Crippen LogP contribution in [0, 0.1) is 5.82 Å². The lowest BCUT2D eigenvalue weighted by Crippen LogP contribution is -2.07. The van der Waals surface area contributed by atoms with E-state index in [1.165, 1.54) is 12.1 Å². The lowest BCUT2D eigenvalue weighted by atomic mass is 10.2. The molecule has 0 atom stereocenters. The van der Waals surface area contributed by atoms with Gasteiger partial charge in [-0.15, -0.1) is 0 Å². The van der Waals surface area contributed by atoms with Gasteiger partial charge in [0.25, 0.3) is 0 Å². The minimum atomic E-state index is -3.01. The van der Waals surface area contributed by atoms with Gasteiger partial charge in [-0.2, -0.15) is 8.78 Å². The molecule has 0 bridgehead atoms. The highest BCUT2D eigenvalue weighted by molar-refractivity contribution is 5.30. The van der Waals surface area contributed by atoms with Crippen LogP contribution in [0.2, 0.25) is 0 Å². The molecule has 1 N–H and O–H groups in total. The number of nitrogens with one attached hydrogen (secondary N) is 1. The van der Waals surface area contributed by atoms with Gasteiger partial charge in [0.05, 0.1) is 0 Å². The number of hydrogen-bond donors (Lipinski definition) is 1. The number of alkyl halides is 2. The molecule has 0 aliphatic carbocycles. The first-order valence-corrected chi connectivity index (χ1v) is 4.01. The van der Waals surface area contributed by atoms with Crippen molar-refractivity contribution in [2.75, 3.05) is 7.05 Å². The van der Waals surface area contributed by atoms with Crippen LogP contribution >= 0.6 is 0 Å². The summed E-state index contributed by atoms with van der Waals surface area (Å²) >= 11 is 0. The summed E-state index contributed by atoms with van der Waals surface area (Å²) in [5, 5.41) is 2.82. The van der Waals surface area contributed by atoms with E-state index in [0.29, 0.717) is 12.1 Å². The first-order valence-electron chi connectivity index (χ1n) is 4.01. The van der Waals surface area contributed by atoms with Crippen molar-refractivity contribution in [1.29, 1.82) is 0 Å². The van der Waals surface area contributed by atoms with Gasteiger partial charge >= 0.3 is 6.61 Å². The summed E-state index contributed by atoms with van der Waals surface area (Å²) in [6.45, 7) is -2.53. The van der Waals surface area contributed by atoms with Crippen LogP contribution in [-0.2, 0) is 6.54 Å². The zero-order chi connectivity index (χ0) is 10.6. The second-order valence-electron chi connectivity index (χ2n) is 2.67. The predicted octanol–water partition coefficient (Wildman–Crippen LogP) is 2.15. The van der Waals surface area contributed by atoms with E-state index in [1.54, 1.807) is 7.05 Å². The number of rotatable bonds is 4. The molecule has 0 saturated carbocycles. The topological polar surface area (TPSA) is 21.3 Å². The highest BCUT2D eigenvalue weighted by Gasteiger charge is 2.09. The largest absolute Gasteiger partial charge is 0.432 e. The van der Waals surface area contributed by atoms with Gasteiger partial charge in [-0.25, -0.2) is 4.39 Å². The van der Waals surface area contributed by atoms with Crippen LogP contribution in [0.15, 0.2) is 18.2 Å². The molecule has 0 unspecified atom stereocenters. The Kier molecular flexibility index (Phi) is 3.76. The van der Waals surface area contributed by atoms with E-state index in [9.17, 15) is 13.2 Å². The molecule has 0 radical (unpaired) electrons. The fraction of sp³-hybridized carbons (Fsp3) is 0.333. The number of hydrogen-bond acceptors (Lipinski definition) is 2. The molecule has 0 aliphatic rings. The minimum Gasteiger partial charge on any atom is -0.432 e.